The van der Waals surface area contributed by atoms with E-state index in [2.05, 4.69) is 11.6 Å². The van der Waals surface area contributed by atoms with Gasteiger partial charge in [-0.3, -0.25) is 14.9 Å². The summed E-state index contributed by atoms with van der Waals surface area (Å²) in [6.07, 6.45) is 4.44. The quantitative estimate of drug-likeness (QED) is 0.195. The number of amides is 1. The Morgan fingerprint density at radius 1 is 1.31 bits per heavy atom. The molecule has 29 heavy (non-hydrogen) atoms. The van der Waals surface area contributed by atoms with Crippen LogP contribution in [0.5, 0.6) is 0 Å². The number of nitro groups is 1. The molecule has 0 aliphatic carbocycles. The maximum Gasteiger partial charge on any atom is 0.337 e. The highest BCUT2D eigenvalue weighted by Crippen LogP contribution is 2.25. The molecule has 0 aliphatic rings. The molecular weight excluding hydrogens is 414 g/mol. The van der Waals surface area contributed by atoms with Crippen LogP contribution in [0.2, 0.25) is 0 Å². The number of fused-ring (bicyclic) bond motifs is 1. The molecule has 3 aromatic rings. The average Bonchev–Trinajstić information content (AvgIpc) is 3.31. The highest BCUT2D eigenvalue weighted by molar-refractivity contribution is 7.16. The van der Waals surface area contributed by atoms with Crippen LogP contribution in [0.15, 0.2) is 54.1 Å². The summed E-state index contributed by atoms with van der Waals surface area (Å²) in [6.45, 7) is 4.16. The molecule has 8 nitrogen and oxygen atoms in total. The minimum Gasteiger partial charge on any atom is -0.465 e. The van der Waals surface area contributed by atoms with Crippen LogP contribution >= 0.6 is 22.7 Å². The molecule has 3 rings (SSSR count). The fourth-order valence-electron chi connectivity index (χ4n) is 2.52. The van der Waals surface area contributed by atoms with Gasteiger partial charge in [-0.1, -0.05) is 28.7 Å². The van der Waals surface area contributed by atoms with Gasteiger partial charge in [0.1, 0.15) is 0 Å². The van der Waals surface area contributed by atoms with E-state index in [1.807, 2.05) is 4.57 Å². The smallest absolute Gasteiger partial charge is 0.337 e. The minimum atomic E-state index is -0.501. The van der Waals surface area contributed by atoms with Gasteiger partial charge in [0.2, 0.25) is 0 Å². The Bertz CT molecular complexity index is 1220. The lowest BCUT2D eigenvalue weighted by atomic mass is 10.2. The van der Waals surface area contributed by atoms with Crippen LogP contribution < -0.4 is 4.80 Å². The van der Waals surface area contributed by atoms with Gasteiger partial charge in [-0.15, -0.1) is 6.58 Å². The molecule has 0 saturated heterocycles. The number of thiophene rings is 1. The topological polar surface area (TPSA) is 104 Å². The number of carbonyl (C=O) groups is 2. The first kappa shape index (κ1) is 20.4. The van der Waals surface area contributed by atoms with Gasteiger partial charge in [-0.25, -0.2) is 4.79 Å². The lowest BCUT2D eigenvalue weighted by molar-refractivity contribution is -0.380. The monoisotopic (exact) mass is 429 g/mol. The van der Waals surface area contributed by atoms with E-state index in [0.717, 1.165) is 21.6 Å². The fourth-order valence-corrected chi connectivity index (χ4v) is 4.33. The number of benzene rings is 1. The molecule has 0 aliphatic heterocycles. The van der Waals surface area contributed by atoms with E-state index >= 15 is 0 Å². The molecule has 148 valence electrons. The van der Waals surface area contributed by atoms with Gasteiger partial charge in [0.15, 0.2) is 4.80 Å². The van der Waals surface area contributed by atoms with E-state index in [0.29, 0.717) is 21.8 Å². The van der Waals surface area contributed by atoms with Gasteiger partial charge < -0.3 is 9.30 Å². The Hall–Kier alpha value is -3.37. The third kappa shape index (κ3) is 4.55. The number of esters is 1. The lowest BCUT2D eigenvalue weighted by Crippen LogP contribution is -2.15. The van der Waals surface area contributed by atoms with E-state index < -0.39 is 16.8 Å². The van der Waals surface area contributed by atoms with Gasteiger partial charge in [0, 0.05) is 23.6 Å². The highest BCUT2D eigenvalue weighted by atomic mass is 32.1. The maximum atomic E-state index is 12.3. The van der Waals surface area contributed by atoms with Crippen molar-refractivity contribution in [2.24, 2.45) is 4.99 Å². The Morgan fingerprint density at radius 3 is 2.76 bits per heavy atom. The standard InChI is InChI=1S/C19H15N3O5S2/c1-3-10-21-14-7-4-12(18(24)27-2)11-15(14)29-19(21)20-16(23)8-5-13-6-9-17(28-13)22(25)26/h3-9,11H,1,10H2,2H3/b8-5-,20-19?. The van der Waals surface area contributed by atoms with Crippen LogP contribution in [0, 0.1) is 10.1 Å². The molecular formula is C19H15N3O5S2. The Kier molecular flexibility index (Phi) is 6.15. The first-order valence-corrected chi connectivity index (χ1v) is 9.90. The first-order chi connectivity index (χ1) is 13.9. The average molecular weight is 429 g/mol. The normalized spacial score (nSPS) is 11.8. The number of methoxy groups -OCH3 is 1. The molecule has 0 spiro atoms. The van der Waals surface area contributed by atoms with Crippen molar-refractivity contribution in [3.8, 4) is 0 Å². The van der Waals surface area contributed by atoms with Gasteiger partial charge >= 0.3 is 11.0 Å². The van der Waals surface area contributed by atoms with Crippen LogP contribution in [0.4, 0.5) is 5.00 Å². The maximum absolute atomic E-state index is 12.3. The summed E-state index contributed by atoms with van der Waals surface area (Å²) in [4.78, 5) is 39.5. The number of carbonyl (C=O) groups excluding carboxylic acids is 2. The van der Waals surface area contributed by atoms with Gasteiger partial charge in [0.05, 0.1) is 27.8 Å². The Labute approximate surface area is 172 Å². The van der Waals surface area contributed by atoms with Gasteiger partial charge in [0.25, 0.3) is 5.91 Å². The zero-order valence-electron chi connectivity index (χ0n) is 15.2. The van der Waals surface area contributed by atoms with E-state index in [1.165, 1.54) is 36.7 Å². The van der Waals surface area contributed by atoms with Crippen LogP contribution in [-0.4, -0.2) is 28.5 Å². The summed E-state index contributed by atoms with van der Waals surface area (Å²) >= 11 is 2.23. The summed E-state index contributed by atoms with van der Waals surface area (Å²) < 4.78 is 7.33. The summed E-state index contributed by atoms with van der Waals surface area (Å²) in [5.41, 5.74) is 1.22. The molecule has 0 atom stereocenters. The molecule has 1 aromatic carbocycles. The van der Waals surface area contributed by atoms with Crippen LogP contribution in [0.25, 0.3) is 16.3 Å². The number of nitrogens with zero attached hydrogens (tertiary/aromatic N) is 3. The van der Waals surface area contributed by atoms with Crippen molar-refractivity contribution in [1.29, 1.82) is 0 Å². The number of ether oxygens (including phenoxy) is 1. The second-order valence-electron chi connectivity index (χ2n) is 5.67. The van der Waals surface area contributed by atoms with Gasteiger partial charge in [-0.05, 0) is 30.3 Å². The minimum absolute atomic E-state index is 0.00350. The van der Waals surface area contributed by atoms with Crippen molar-refractivity contribution in [3.63, 3.8) is 0 Å². The summed E-state index contributed by atoms with van der Waals surface area (Å²) in [6, 6.07) is 8.06. The SMILES string of the molecule is C=CCn1c(=NC(=O)/C=C\c2ccc([N+](=O)[O-])s2)sc2cc(C(=O)OC)ccc21. The summed E-state index contributed by atoms with van der Waals surface area (Å²) in [5.74, 6) is -0.947. The van der Waals surface area contributed by atoms with Crippen molar-refractivity contribution < 1.29 is 19.2 Å². The molecule has 0 N–H and O–H groups in total. The fraction of sp³-hybridized carbons (Fsp3) is 0.105. The molecule has 0 saturated carbocycles. The van der Waals surface area contributed by atoms with E-state index in [9.17, 15) is 19.7 Å². The van der Waals surface area contributed by atoms with Crippen molar-refractivity contribution in [3.05, 3.63) is 74.4 Å². The first-order valence-electron chi connectivity index (χ1n) is 8.26. The van der Waals surface area contributed by atoms with Gasteiger partial charge in [-0.2, -0.15) is 4.99 Å². The van der Waals surface area contributed by atoms with E-state index in [1.54, 1.807) is 30.3 Å². The van der Waals surface area contributed by atoms with E-state index in [-0.39, 0.29) is 5.00 Å². The molecule has 2 aromatic heterocycles. The third-order valence-corrected chi connectivity index (χ3v) is 5.85. The Balaban J connectivity index is 1.96. The second kappa shape index (κ2) is 8.76. The van der Waals surface area contributed by atoms with Crippen molar-refractivity contribution in [1.82, 2.24) is 4.57 Å². The number of rotatable bonds is 6. The molecule has 10 heteroatoms. The van der Waals surface area contributed by atoms with Crippen LogP contribution in [-0.2, 0) is 16.1 Å². The molecule has 0 bridgehead atoms. The summed E-state index contributed by atoms with van der Waals surface area (Å²) in [7, 11) is 1.31. The largest absolute Gasteiger partial charge is 0.465 e. The summed E-state index contributed by atoms with van der Waals surface area (Å²) in [5, 5.41) is 10.7. The highest BCUT2D eigenvalue weighted by Gasteiger charge is 2.11. The molecule has 0 unspecified atom stereocenters. The molecule has 0 radical (unpaired) electrons. The third-order valence-electron chi connectivity index (χ3n) is 3.80. The molecule has 2 heterocycles. The molecule has 1 amide bonds. The number of aromatic nitrogens is 1. The number of hydrogen-bond acceptors (Lipinski definition) is 7. The van der Waals surface area contributed by atoms with Crippen molar-refractivity contribution in [2.75, 3.05) is 7.11 Å². The zero-order valence-corrected chi connectivity index (χ0v) is 16.9. The second-order valence-corrected chi connectivity index (χ2v) is 7.78. The van der Waals surface area contributed by atoms with E-state index in [4.69, 9.17) is 4.74 Å². The molecule has 0 fully saturated rings. The predicted molar refractivity (Wildman–Crippen MR) is 112 cm³/mol. The zero-order chi connectivity index (χ0) is 21.0. The number of thiazole rings is 1. The van der Waals surface area contributed by atoms with Crippen LogP contribution in [0.1, 0.15) is 15.2 Å². The number of allylic oxidation sites excluding steroid dienone is 1. The van der Waals surface area contributed by atoms with Crippen molar-refractivity contribution in [2.45, 2.75) is 6.54 Å². The number of hydrogen-bond donors (Lipinski definition) is 0. The predicted octanol–water partition coefficient (Wildman–Crippen LogP) is 3.79. The lowest BCUT2D eigenvalue weighted by Gasteiger charge is -2.02. The van der Waals surface area contributed by atoms with Crippen LogP contribution in [0.3, 0.4) is 0 Å². The Morgan fingerprint density at radius 2 is 2.10 bits per heavy atom. The van der Waals surface area contributed by atoms with Crippen molar-refractivity contribution >= 4 is 55.8 Å².